The third kappa shape index (κ3) is 3.50. The van der Waals surface area contributed by atoms with Gasteiger partial charge in [0.25, 0.3) is 0 Å². The minimum absolute atomic E-state index is 0.0447. The van der Waals surface area contributed by atoms with Gasteiger partial charge in [-0.3, -0.25) is 9.59 Å². The number of allylic oxidation sites excluding steroid dienone is 4. The van der Waals surface area contributed by atoms with Crippen molar-refractivity contribution in [3.63, 3.8) is 0 Å². The fourth-order valence-electron chi connectivity index (χ4n) is 9.22. The lowest BCUT2D eigenvalue weighted by Crippen LogP contribution is -2.54. The van der Waals surface area contributed by atoms with E-state index >= 15 is 0 Å². The standard InChI is InChI=1S/C30H46O3/c1-19(2)9-8-10-20(26(32)33)21-13-17-30(7)23-11-12-24-27(3,4)25(31)15-16-28(24,5)22(23)14-18-29(21,30)6/h9,20-21,24H,8,10-18H2,1-7H3,(H,32,33)/t20-,21-,24-,28-,29-,30+/m1/s1. The molecule has 33 heavy (non-hydrogen) atoms. The van der Waals surface area contributed by atoms with Crippen molar-refractivity contribution >= 4 is 11.8 Å². The van der Waals surface area contributed by atoms with E-state index in [9.17, 15) is 14.7 Å². The Balaban J connectivity index is 1.70. The van der Waals surface area contributed by atoms with Crippen molar-refractivity contribution in [2.45, 2.75) is 113 Å². The normalized spacial score (nSPS) is 40.5. The summed E-state index contributed by atoms with van der Waals surface area (Å²) >= 11 is 0. The molecule has 0 radical (unpaired) electrons. The van der Waals surface area contributed by atoms with Gasteiger partial charge in [-0.1, -0.05) is 57.4 Å². The average molecular weight is 455 g/mol. The van der Waals surface area contributed by atoms with Crippen LogP contribution >= 0.6 is 0 Å². The molecular weight excluding hydrogens is 408 g/mol. The lowest BCUT2D eigenvalue weighted by molar-refractivity contribution is -0.146. The van der Waals surface area contributed by atoms with E-state index in [0.29, 0.717) is 18.1 Å². The van der Waals surface area contributed by atoms with E-state index < -0.39 is 5.97 Å². The number of hydrogen-bond acceptors (Lipinski definition) is 2. The van der Waals surface area contributed by atoms with Crippen molar-refractivity contribution in [1.82, 2.24) is 0 Å². The molecule has 0 saturated heterocycles. The third-order valence-electron chi connectivity index (χ3n) is 11.4. The zero-order chi connectivity index (χ0) is 24.4. The monoisotopic (exact) mass is 454 g/mol. The Morgan fingerprint density at radius 2 is 1.70 bits per heavy atom. The molecule has 184 valence electrons. The number of aliphatic carboxylic acids is 1. The van der Waals surface area contributed by atoms with Crippen LogP contribution in [0.4, 0.5) is 0 Å². The number of carboxylic acids is 1. The van der Waals surface area contributed by atoms with Gasteiger partial charge in [0, 0.05) is 11.8 Å². The molecule has 0 unspecified atom stereocenters. The van der Waals surface area contributed by atoms with Crippen LogP contribution in [-0.4, -0.2) is 16.9 Å². The van der Waals surface area contributed by atoms with E-state index in [0.717, 1.165) is 57.8 Å². The largest absolute Gasteiger partial charge is 0.481 e. The molecule has 6 atom stereocenters. The van der Waals surface area contributed by atoms with Gasteiger partial charge in [0.2, 0.25) is 0 Å². The van der Waals surface area contributed by atoms with Crippen molar-refractivity contribution in [3.05, 3.63) is 22.8 Å². The van der Waals surface area contributed by atoms with Gasteiger partial charge in [-0.05, 0) is 99.7 Å². The Kier molecular flexibility index (Phi) is 6.07. The summed E-state index contributed by atoms with van der Waals surface area (Å²) in [5.74, 6) is 0.270. The summed E-state index contributed by atoms with van der Waals surface area (Å²) < 4.78 is 0. The first-order valence-electron chi connectivity index (χ1n) is 13.4. The Hall–Kier alpha value is -1.38. The first kappa shape index (κ1) is 24.7. The maximum absolute atomic E-state index is 12.8. The Bertz CT molecular complexity index is 904. The summed E-state index contributed by atoms with van der Waals surface area (Å²) in [6.07, 6.45) is 12.0. The van der Waals surface area contributed by atoms with Crippen LogP contribution in [0.2, 0.25) is 0 Å². The number of rotatable bonds is 5. The molecule has 3 heteroatoms. The summed E-state index contributed by atoms with van der Waals surface area (Å²) in [7, 11) is 0. The molecule has 4 aliphatic carbocycles. The first-order chi connectivity index (χ1) is 15.3. The van der Waals surface area contributed by atoms with Gasteiger partial charge in [-0.2, -0.15) is 0 Å². The SMILES string of the molecule is CC(C)=CCC[C@@H](C(=O)O)[C@H]1CC[C@@]2(C)C3=C(CC[C@]12C)[C@@]1(C)CCC(=O)C(C)(C)[C@H]1CC3. The second-order valence-corrected chi connectivity index (χ2v) is 13.3. The second-order valence-electron chi connectivity index (χ2n) is 13.3. The summed E-state index contributed by atoms with van der Waals surface area (Å²) in [4.78, 5) is 25.2. The van der Waals surface area contributed by atoms with Crippen LogP contribution < -0.4 is 0 Å². The highest BCUT2D eigenvalue weighted by atomic mass is 16.4. The van der Waals surface area contributed by atoms with Crippen LogP contribution in [0, 0.1) is 39.4 Å². The Morgan fingerprint density at radius 1 is 1.00 bits per heavy atom. The topological polar surface area (TPSA) is 54.4 Å². The molecule has 0 aliphatic heterocycles. The molecule has 4 rings (SSSR count). The number of ketones is 1. The van der Waals surface area contributed by atoms with Crippen molar-refractivity contribution < 1.29 is 14.7 Å². The van der Waals surface area contributed by atoms with E-state index in [4.69, 9.17) is 0 Å². The molecule has 0 heterocycles. The number of carbonyl (C=O) groups is 2. The highest BCUT2D eigenvalue weighted by Crippen LogP contribution is 2.72. The zero-order valence-electron chi connectivity index (χ0n) is 22.1. The van der Waals surface area contributed by atoms with Crippen LogP contribution in [0.25, 0.3) is 0 Å². The smallest absolute Gasteiger partial charge is 0.306 e. The molecule has 0 spiro atoms. The maximum atomic E-state index is 12.8. The third-order valence-corrected chi connectivity index (χ3v) is 11.4. The molecule has 0 amide bonds. The van der Waals surface area contributed by atoms with Gasteiger partial charge in [0.15, 0.2) is 0 Å². The van der Waals surface area contributed by atoms with Crippen LogP contribution in [0.5, 0.6) is 0 Å². The maximum Gasteiger partial charge on any atom is 0.306 e. The summed E-state index contributed by atoms with van der Waals surface area (Å²) in [6.45, 7) is 15.9. The van der Waals surface area contributed by atoms with Crippen LogP contribution in [0.15, 0.2) is 22.8 Å². The molecule has 0 bridgehead atoms. The van der Waals surface area contributed by atoms with E-state index in [-0.39, 0.29) is 33.5 Å². The average Bonchev–Trinajstić information content (AvgIpc) is 3.00. The summed E-state index contributed by atoms with van der Waals surface area (Å²) in [5, 5.41) is 10.2. The molecule has 0 aromatic rings. The fraction of sp³-hybridized carbons (Fsp3) is 0.800. The van der Waals surface area contributed by atoms with Crippen molar-refractivity contribution in [2.24, 2.45) is 39.4 Å². The predicted octanol–water partition coefficient (Wildman–Crippen LogP) is 7.75. The van der Waals surface area contributed by atoms with Crippen molar-refractivity contribution in [2.75, 3.05) is 0 Å². The lowest BCUT2D eigenvalue weighted by Gasteiger charge is -2.60. The van der Waals surface area contributed by atoms with E-state index in [1.807, 2.05) is 0 Å². The molecule has 3 nitrogen and oxygen atoms in total. The molecule has 1 N–H and O–H groups in total. The van der Waals surface area contributed by atoms with E-state index in [1.165, 1.54) is 5.57 Å². The van der Waals surface area contributed by atoms with Crippen molar-refractivity contribution in [3.8, 4) is 0 Å². The van der Waals surface area contributed by atoms with Crippen LogP contribution in [0.1, 0.15) is 113 Å². The van der Waals surface area contributed by atoms with E-state index in [2.05, 4.69) is 54.5 Å². The van der Waals surface area contributed by atoms with Gasteiger partial charge in [-0.15, -0.1) is 0 Å². The zero-order valence-corrected chi connectivity index (χ0v) is 22.1. The fourth-order valence-corrected chi connectivity index (χ4v) is 9.22. The Morgan fingerprint density at radius 3 is 2.33 bits per heavy atom. The lowest BCUT2D eigenvalue weighted by atomic mass is 9.43. The number of carbonyl (C=O) groups excluding carboxylic acids is 1. The van der Waals surface area contributed by atoms with E-state index in [1.54, 1.807) is 11.1 Å². The quantitative estimate of drug-likeness (QED) is 0.432. The molecule has 0 aromatic heterocycles. The molecule has 2 saturated carbocycles. The predicted molar refractivity (Wildman–Crippen MR) is 134 cm³/mol. The summed E-state index contributed by atoms with van der Waals surface area (Å²) in [6, 6.07) is 0. The summed E-state index contributed by atoms with van der Waals surface area (Å²) in [5.41, 5.74) is 4.63. The minimum atomic E-state index is -0.601. The van der Waals surface area contributed by atoms with Gasteiger partial charge in [-0.25, -0.2) is 0 Å². The number of carboxylic acid groups (broad SMARTS) is 1. The highest BCUT2D eigenvalue weighted by Gasteiger charge is 2.64. The van der Waals surface area contributed by atoms with Crippen LogP contribution in [-0.2, 0) is 9.59 Å². The van der Waals surface area contributed by atoms with Gasteiger partial charge < -0.3 is 5.11 Å². The molecular formula is C30H46O3. The second kappa shape index (κ2) is 8.09. The van der Waals surface area contributed by atoms with Gasteiger partial charge in [0.1, 0.15) is 5.78 Å². The van der Waals surface area contributed by atoms with Crippen molar-refractivity contribution in [1.29, 1.82) is 0 Å². The number of fused-ring (bicyclic) bond motifs is 4. The number of hydrogen-bond donors (Lipinski definition) is 1. The highest BCUT2D eigenvalue weighted by molar-refractivity contribution is 5.85. The van der Waals surface area contributed by atoms with Gasteiger partial charge >= 0.3 is 5.97 Å². The molecule has 0 aromatic carbocycles. The number of Topliss-reactive ketones (excluding diaryl/α,β-unsaturated/α-hetero) is 1. The Labute approximate surface area is 201 Å². The van der Waals surface area contributed by atoms with Gasteiger partial charge in [0.05, 0.1) is 5.92 Å². The molecule has 2 fully saturated rings. The first-order valence-corrected chi connectivity index (χ1v) is 13.4. The molecule has 4 aliphatic rings. The minimum Gasteiger partial charge on any atom is -0.481 e. The van der Waals surface area contributed by atoms with Crippen LogP contribution in [0.3, 0.4) is 0 Å².